The SMILES string of the molecule is COc1cc2c(cc1OC)[C@H](c1cc(OC)c(OC)c(OC)c1)[N@@+](C)(CCCOC(=O)/C=C(\Cl)C(=O)OCCC[N@+]1(C)CCc3cc(OC)c(OC)c(OC)c3[C@H]1Cc1cc(OC)c(OC)c(OC)c1)CC2.[Cl-].[Cl-]. The van der Waals surface area contributed by atoms with Crippen molar-refractivity contribution in [3.8, 4) is 63.2 Å². The summed E-state index contributed by atoms with van der Waals surface area (Å²) in [7, 11) is 21.9. The van der Waals surface area contributed by atoms with Crippen LogP contribution in [0.2, 0.25) is 0 Å². The third-order valence-corrected chi connectivity index (χ3v) is 14.4. The van der Waals surface area contributed by atoms with Crippen molar-refractivity contribution >= 4 is 23.5 Å². The summed E-state index contributed by atoms with van der Waals surface area (Å²) in [6, 6.07) is 13.6. The summed E-state index contributed by atoms with van der Waals surface area (Å²) in [5.74, 6) is 4.53. The maximum Gasteiger partial charge on any atom is 0.350 e. The number of methoxy groups -OCH3 is 11. The van der Waals surface area contributed by atoms with Crippen LogP contribution in [0.4, 0.5) is 0 Å². The minimum atomic E-state index is -0.821. The molecule has 0 radical (unpaired) electrons. The van der Waals surface area contributed by atoms with Gasteiger partial charge >= 0.3 is 11.9 Å². The van der Waals surface area contributed by atoms with E-state index in [2.05, 4.69) is 14.1 Å². The lowest BCUT2D eigenvalue weighted by Crippen LogP contribution is -3.00. The van der Waals surface area contributed by atoms with Gasteiger partial charge in [0, 0.05) is 49.3 Å². The molecule has 0 bridgehead atoms. The fourth-order valence-corrected chi connectivity index (χ4v) is 10.6. The smallest absolute Gasteiger partial charge is 0.350 e. The Morgan fingerprint density at radius 3 is 1.51 bits per heavy atom. The van der Waals surface area contributed by atoms with E-state index in [1.54, 1.807) is 78.2 Å². The largest absolute Gasteiger partial charge is 1.00 e. The zero-order valence-electron chi connectivity index (χ0n) is 44.7. The molecule has 408 valence electrons. The van der Waals surface area contributed by atoms with Crippen molar-refractivity contribution < 1.29 is 105 Å². The molecule has 0 saturated carbocycles. The predicted octanol–water partition coefficient (Wildman–Crippen LogP) is 1.86. The molecule has 4 aromatic rings. The Labute approximate surface area is 452 Å². The number of ether oxygens (including phenoxy) is 13. The van der Waals surface area contributed by atoms with Crippen molar-refractivity contribution in [2.24, 2.45) is 0 Å². The highest BCUT2D eigenvalue weighted by Crippen LogP contribution is 2.52. The average molecular weight is 1090 g/mol. The first kappa shape index (κ1) is 60.7. The van der Waals surface area contributed by atoms with Crippen LogP contribution in [0.1, 0.15) is 58.3 Å². The Balaban J connectivity index is 0.00000593. The number of carbonyl (C=O) groups excluding carboxylic acids is 2. The van der Waals surface area contributed by atoms with Gasteiger partial charge in [0.25, 0.3) is 0 Å². The zero-order valence-corrected chi connectivity index (χ0v) is 47.0. The number of benzene rings is 4. The minimum absolute atomic E-state index is 0. The molecule has 0 aliphatic carbocycles. The lowest BCUT2D eigenvalue weighted by Gasteiger charge is -2.46. The quantitative estimate of drug-likeness (QED) is 0.0434. The monoisotopic (exact) mass is 1090 g/mol. The van der Waals surface area contributed by atoms with E-state index in [4.69, 9.17) is 73.2 Å². The lowest BCUT2D eigenvalue weighted by atomic mass is 9.85. The maximum atomic E-state index is 13.2. The van der Waals surface area contributed by atoms with Gasteiger partial charge in [-0.05, 0) is 59.2 Å². The Morgan fingerprint density at radius 1 is 0.541 bits per heavy atom. The molecule has 0 N–H and O–H groups in total. The molecule has 2 aliphatic heterocycles. The Kier molecular flexibility index (Phi) is 22.2. The van der Waals surface area contributed by atoms with Crippen LogP contribution in [0.25, 0.3) is 0 Å². The molecule has 4 atom stereocenters. The summed E-state index contributed by atoms with van der Waals surface area (Å²) in [4.78, 5) is 26.3. The summed E-state index contributed by atoms with van der Waals surface area (Å²) in [6.45, 7) is 2.93. The Hall–Kier alpha value is -5.85. The number of quaternary nitrogens is 2. The summed E-state index contributed by atoms with van der Waals surface area (Å²) in [5, 5.41) is -0.378. The number of rotatable bonds is 24. The van der Waals surface area contributed by atoms with Crippen molar-refractivity contribution in [3.05, 3.63) is 87.0 Å². The van der Waals surface area contributed by atoms with Gasteiger partial charge in [0.2, 0.25) is 17.2 Å². The van der Waals surface area contributed by atoms with E-state index in [9.17, 15) is 9.59 Å². The minimum Gasteiger partial charge on any atom is -1.00 e. The van der Waals surface area contributed by atoms with Gasteiger partial charge in [0.1, 0.15) is 17.1 Å². The number of nitrogens with zero attached hydrogens (tertiary/aromatic N) is 2. The standard InChI is InChI=1S/C54H71ClN2O15.2ClH/c1-56(20-17-35-28-46(66-9)52(69-12)53(70-13)48(35)39(56)24-33-25-42(62-5)50(67-10)43(26-33)63-6)18-14-23-72-54(59)38(55)32-47(58)71-22-15-19-57(2)21-16-34-27-40(60-3)41(61-4)31-37(34)49(57)36-29-44(64-7)51(68-11)45(30-36)65-8;;/h25-32,39,49H,14-24H2,1-13H3;2*1H/q+2;;/p-2/b38-32-;;/t39-,49+,56-,57+;;/m1../s1. The molecule has 0 saturated heterocycles. The van der Waals surface area contributed by atoms with Gasteiger partial charge in [-0.3, -0.25) is 0 Å². The first-order chi connectivity index (χ1) is 34.6. The molecular weight excluding hydrogens is 1020 g/mol. The van der Waals surface area contributed by atoms with Gasteiger partial charge in [-0.2, -0.15) is 0 Å². The highest BCUT2D eigenvalue weighted by molar-refractivity contribution is 6.42. The highest BCUT2D eigenvalue weighted by Gasteiger charge is 2.44. The highest BCUT2D eigenvalue weighted by atomic mass is 35.5. The van der Waals surface area contributed by atoms with Crippen molar-refractivity contribution in [1.82, 2.24) is 0 Å². The van der Waals surface area contributed by atoms with Crippen LogP contribution < -0.4 is 76.9 Å². The number of fused-ring (bicyclic) bond motifs is 2. The van der Waals surface area contributed by atoms with Gasteiger partial charge in [-0.1, -0.05) is 11.6 Å². The Bertz CT molecular complexity index is 2560. The number of hydrogen-bond acceptors (Lipinski definition) is 15. The van der Waals surface area contributed by atoms with Crippen molar-refractivity contribution in [2.75, 3.05) is 132 Å². The molecule has 0 unspecified atom stereocenters. The summed E-state index contributed by atoms with van der Waals surface area (Å²) in [5.41, 5.74) is 6.18. The van der Waals surface area contributed by atoms with E-state index in [0.717, 1.165) is 65.4 Å². The van der Waals surface area contributed by atoms with Gasteiger partial charge in [-0.15, -0.1) is 0 Å². The molecule has 0 spiro atoms. The van der Waals surface area contributed by atoms with E-state index in [1.165, 1.54) is 0 Å². The fraction of sp³-hybridized carbons (Fsp3) is 0.481. The van der Waals surface area contributed by atoms with E-state index in [0.29, 0.717) is 105 Å². The average Bonchev–Trinajstić information content (AvgIpc) is 3.39. The first-order valence-electron chi connectivity index (χ1n) is 23.7. The number of esters is 2. The van der Waals surface area contributed by atoms with E-state index >= 15 is 0 Å². The van der Waals surface area contributed by atoms with Crippen LogP contribution >= 0.6 is 11.6 Å². The molecule has 0 aromatic heterocycles. The molecule has 17 nitrogen and oxygen atoms in total. The molecule has 0 amide bonds. The summed E-state index contributed by atoms with van der Waals surface area (Å²) < 4.78 is 75.7. The van der Waals surface area contributed by atoms with Crippen LogP contribution in [-0.2, 0) is 38.3 Å². The van der Waals surface area contributed by atoms with Crippen LogP contribution in [0.5, 0.6) is 63.2 Å². The topological polar surface area (TPSA) is 154 Å². The van der Waals surface area contributed by atoms with Crippen molar-refractivity contribution in [2.45, 2.75) is 44.2 Å². The molecule has 4 aromatic carbocycles. The molecular formula is C54H71Cl3N2O15. The zero-order chi connectivity index (χ0) is 52.3. The molecule has 2 aliphatic rings. The maximum absolute atomic E-state index is 13.2. The van der Waals surface area contributed by atoms with E-state index in [-0.39, 0.29) is 55.1 Å². The number of hydrogen-bond donors (Lipinski definition) is 0. The molecule has 74 heavy (non-hydrogen) atoms. The van der Waals surface area contributed by atoms with Crippen LogP contribution in [0.3, 0.4) is 0 Å². The number of likely N-dealkylation sites (N-methyl/N-ethyl adjacent to an activating group) is 2. The van der Waals surface area contributed by atoms with Gasteiger partial charge in [-0.25, -0.2) is 9.59 Å². The second-order valence-corrected chi connectivity index (χ2v) is 18.5. The third-order valence-electron chi connectivity index (χ3n) is 14.1. The number of carbonyl (C=O) groups is 2. The van der Waals surface area contributed by atoms with Gasteiger partial charge in [0.15, 0.2) is 46.0 Å². The third kappa shape index (κ3) is 12.8. The van der Waals surface area contributed by atoms with Crippen LogP contribution in [0, 0.1) is 0 Å². The van der Waals surface area contributed by atoms with Gasteiger partial charge < -0.3 is 95.4 Å². The summed E-state index contributed by atoms with van der Waals surface area (Å²) in [6.07, 6.45) is 4.03. The van der Waals surface area contributed by atoms with Crippen LogP contribution in [-0.4, -0.2) is 153 Å². The molecule has 2 heterocycles. The second-order valence-electron chi connectivity index (χ2n) is 18.1. The normalized spacial score (nSPS) is 18.6. The number of halogens is 3. The van der Waals surface area contributed by atoms with Gasteiger partial charge in [0.05, 0.1) is 137 Å². The van der Waals surface area contributed by atoms with Crippen LogP contribution in [0.15, 0.2) is 53.6 Å². The molecule has 0 fully saturated rings. The van der Waals surface area contributed by atoms with Crippen molar-refractivity contribution in [3.63, 3.8) is 0 Å². The summed E-state index contributed by atoms with van der Waals surface area (Å²) >= 11 is 6.38. The fourth-order valence-electron chi connectivity index (χ4n) is 10.5. The first-order valence-corrected chi connectivity index (χ1v) is 24.1. The second kappa shape index (κ2) is 27.1. The molecule has 6 rings (SSSR count). The predicted molar refractivity (Wildman–Crippen MR) is 270 cm³/mol. The molecule has 20 heteroatoms. The van der Waals surface area contributed by atoms with E-state index in [1.807, 2.05) is 42.5 Å². The Morgan fingerprint density at radius 2 is 0.986 bits per heavy atom. The van der Waals surface area contributed by atoms with E-state index < -0.39 is 11.9 Å². The lowest BCUT2D eigenvalue weighted by molar-refractivity contribution is -0.941. The van der Waals surface area contributed by atoms with Crippen molar-refractivity contribution in [1.29, 1.82) is 0 Å².